The second kappa shape index (κ2) is 15.3. The molecule has 1 aromatic heterocycles. The van der Waals surface area contributed by atoms with Gasteiger partial charge in [-0.15, -0.1) is 37.2 Å². The van der Waals surface area contributed by atoms with Crippen molar-refractivity contribution in [2.45, 2.75) is 26.3 Å². The fourth-order valence-electron chi connectivity index (χ4n) is 2.72. The first-order valence-electron chi connectivity index (χ1n) is 8.56. The molecule has 152 valence electrons. The number of nitrogens with one attached hydrogen (secondary N) is 2. The number of carbonyl (C=O) groups is 1. The van der Waals surface area contributed by atoms with E-state index in [1.54, 1.807) is 0 Å². The van der Waals surface area contributed by atoms with Crippen LogP contribution < -0.4 is 15.5 Å². The van der Waals surface area contributed by atoms with Gasteiger partial charge in [0.2, 0.25) is 5.91 Å². The van der Waals surface area contributed by atoms with Gasteiger partial charge in [0, 0.05) is 45.3 Å². The summed E-state index contributed by atoms with van der Waals surface area (Å²) >= 11 is 0. The first-order valence-corrected chi connectivity index (χ1v) is 8.56. The van der Waals surface area contributed by atoms with E-state index in [1.807, 2.05) is 13.2 Å². The fraction of sp³-hybridized carbons (Fsp3) is 0.647. The number of halogens is 3. The van der Waals surface area contributed by atoms with E-state index in [0.717, 1.165) is 57.1 Å². The summed E-state index contributed by atoms with van der Waals surface area (Å²) in [4.78, 5) is 21.0. The number of likely N-dealkylation sites (N-methyl/N-ethyl adjacent to an activating group) is 1. The lowest BCUT2D eigenvalue weighted by atomic mass is 10.2. The first-order chi connectivity index (χ1) is 11.2. The summed E-state index contributed by atoms with van der Waals surface area (Å²) in [7, 11) is 1.90. The van der Waals surface area contributed by atoms with E-state index >= 15 is 0 Å². The van der Waals surface area contributed by atoms with Gasteiger partial charge in [0.05, 0.1) is 0 Å². The van der Waals surface area contributed by atoms with Crippen LogP contribution in [0.1, 0.15) is 25.3 Å². The Labute approximate surface area is 175 Å². The molecule has 6 nitrogen and oxygen atoms in total. The van der Waals surface area contributed by atoms with Crippen molar-refractivity contribution in [3.8, 4) is 0 Å². The molecule has 2 N–H and O–H groups in total. The largest absolute Gasteiger partial charge is 0.354 e. The lowest BCUT2D eigenvalue weighted by molar-refractivity contribution is -0.121. The number of aromatic nitrogens is 1. The van der Waals surface area contributed by atoms with Crippen molar-refractivity contribution < 1.29 is 4.79 Å². The van der Waals surface area contributed by atoms with Crippen LogP contribution in [0.3, 0.4) is 0 Å². The van der Waals surface area contributed by atoms with Crippen molar-refractivity contribution in [2.24, 2.45) is 0 Å². The van der Waals surface area contributed by atoms with Crippen LogP contribution in [0.5, 0.6) is 0 Å². The van der Waals surface area contributed by atoms with Crippen LogP contribution in [0.2, 0.25) is 0 Å². The number of nitrogens with zero attached hydrogens (tertiary/aromatic N) is 3. The monoisotopic (exact) mass is 427 g/mol. The maximum atomic E-state index is 11.7. The first kappa shape index (κ1) is 27.4. The second-order valence-electron chi connectivity index (χ2n) is 5.93. The smallest absolute Gasteiger partial charge is 0.220 e. The van der Waals surface area contributed by atoms with Crippen LogP contribution in [0.25, 0.3) is 0 Å². The van der Waals surface area contributed by atoms with Crippen molar-refractivity contribution in [1.29, 1.82) is 0 Å². The zero-order valence-corrected chi connectivity index (χ0v) is 18.0. The molecule has 26 heavy (non-hydrogen) atoms. The van der Waals surface area contributed by atoms with Crippen LogP contribution >= 0.6 is 37.2 Å². The number of pyridine rings is 1. The SMILES string of the molecule is CCN1CCN(c2ccc(CNC(=O)CCCNC)cn2)CC1.Cl.Cl.Cl. The molecule has 1 saturated heterocycles. The average Bonchev–Trinajstić information content (AvgIpc) is 2.61. The number of amides is 1. The van der Waals surface area contributed by atoms with E-state index in [1.165, 1.54) is 0 Å². The molecule has 0 saturated carbocycles. The number of rotatable bonds is 8. The van der Waals surface area contributed by atoms with Gasteiger partial charge >= 0.3 is 0 Å². The molecule has 1 aromatic rings. The summed E-state index contributed by atoms with van der Waals surface area (Å²) in [5.74, 6) is 1.13. The molecular formula is C17H32Cl3N5O. The molecule has 1 aliphatic heterocycles. The number of piperazine rings is 1. The van der Waals surface area contributed by atoms with E-state index in [0.29, 0.717) is 13.0 Å². The Morgan fingerprint density at radius 3 is 2.38 bits per heavy atom. The number of hydrogen-bond donors (Lipinski definition) is 2. The Kier molecular flexibility index (Phi) is 16.1. The van der Waals surface area contributed by atoms with Gasteiger partial charge in [0.1, 0.15) is 5.82 Å². The van der Waals surface area contributed by atoms with E-state index in [-0.39, 0.29) is 43.1 Å². The zero-order chi connectivity index (χ0) is 16.5. The molecule has 2 rings (SSSR count). The quantitative estimate of drug-likeness (QED) is 0.621. The van der Waals surface area contributed by atoms with Gasteiger partial charge in [0.15, 0.2) is 0 Å². The Balaban J connectivity index is 0. The van der Waals surface area contributed by atoms with Crippen molar-refractivity contribution in [3.05, 3.63) is 23.9 Å². The Bertz CT molecular complexity index is 482. The Morgan fingerprint density at radius 1 is 1.15 bits per heavy atom. The zero-order valence-electron chi connectivity index (χ0n) is 15.6. The van der Waals surface area contributed by atoms with Gasteiger partial charge in [-0.1, -0.05) is 13.0 Å². The second-order valence-corrected chi connectivity index (χ2v) is 5.93. The highest BCUT2D eigenvalue weighted by Gasteiger charge is 2.16. The topological polar surface area (TPSA) is 60.5 Å². The van der Waals surface area contributed by atoms with Gasteiger partial charge in [0.25, 0.3) is 0 Å². The van der Waals surface area contributed by atoms with E-state index < -0.39 is 0 Å². The molecule has 0 unspecified atom stereocenters. The standard InChI is InChI=1S/C17H29N5O.3ClH/c1-3-21-9-11-22(12-10-21)16-7-6-15(13-19-16)14-20-17(23)5-4-8-18-2;;;/h6-7,13,18H,3-5,8-12,14H2,1-2H3,(H,20,23);3*1H. The van der Waals surface area contributed by atoms with Crippen LogP contribution in [0, 0.1) is 0 Å². The third-order valence-corrected chi connectivity index (χ3v) is 4.27. The molecule has 0 atom stereocenters. The van der Waals surface area contributed by atoms with Gasteiger partial charge in [-0.3, -0.25) is 4.79 Å². The molecular weight excluding hydrogens is 397 g/mol. The van der Waals surface area contributed by atoms with Crippen molar-refractivity contribution in [3.63, 3.8) is 0 Å². The highest BCUT2D eigenvalue weighted by molar-refractivity contribution is 5.86. The molecule has 2 heterocycles. The molecule has 0 aliphatic carbocycles. The van der Waals surface area contributed by atoms with Gasteiger partial charge in [-0.25, -0.2) is 4.98 Å². The highest BCUT2D eigenvalue weighted by atomic mass is 35.5. The summed E-state index contributed by atoms with van der Waals surface area (Å²) in [5.41, 5.74) is 1.04. The highest BCUT2D eigenvalue weighted by Crippen LogP contribution is 2.14. The summed E-state index contributed by atoms with van der Waals surface area (Å²) in [5, 5.41) is 5.99. The molecule has 0 aromatic carbocycles. The van der Waals surface area contributed by atoms with E-state index in [4.69, 9.17) is 0 Å². The molecule has 0 spiro atoms. The van der Waals surface area contributed by atoms with Gasteiger partial charge < -0.3 is 20.4 Å². The normalized spacial score (nSPS) is 13.8. The van der Waals surface area contributed by atoms with E-state index in [9.17, 15) is 4.79 Å². The molecule has 1 amide bonds. The van der Waals surface area contributed by atoms with Crippen LogP contribution in [-0.2, 0) is 11.3 Å². The third-order valence-electron chi connectivity index (χ3n) is 4.27. The fourth-order valence-corrected chi connectivity index (χ4v) is 2.72. The van der Waals surface area contributed by atoms with Crippen LogP contribution in [0.4, 0.5) is 5.82 Å². The van der Waals surface area contributed by atoms with Gasteiger partial charge in [-0.05, 0) is 38.2 Å². The third kappa shape index (κ3) is 9.24. The van der Waals surface area contributed by atoms with Crippen molar-refractivity contribution in [1.82, 2.24) is 20.5 Å². The summed E-state index contributed by atoms with van der Waals surface area (Å²) in [6, 6.07) is 4.12. The Hall–Kier alpha value is -0.790. The predicted octanol–water partition coefficient (Wildman–Crippen LogP) is 2.10. The molecule has 0 radical (unpaired) electrons. The minimum Gasteiger partial charge on any atom is -0.354 e. The average molecular weight is 429 g/mol. The van der Waals surface area contributed by atoms with Crippen molar-refractivity contribution in [2.75, 3.05) is 51.2 Å². The maximum absolute atomic E-state index is 11.7. The van der Waals surface area contributed by atoms with Gasteiger partial charge in [-0.2, -0.15) is 0 Å². The summed E-state index contributed by atoms with van der Waals surface area (Å²) in [6.45, 7) is 9.00. The lowest BCUT2D eigenvalue weighted by Gasteiger charge is -2.34. The molecule has 1 fully saturated rings. The number of carbonyl (C=O) groups excluding carboxylic acids is 1. The van der Waals surface area contributed by atoms with Crippen LogP contribution in [0.15, 0.2) is 18.3 Å². The Morgan fingerprint density at radius 2 is 1.85 bits per heavy atom. The maximum Gasteiger partial charge on any atom is 0.220 e. The minimum absolute atomic E-state index is 0. The molecule has 0 bridgehead atoms. The number of hydrogen-bond acceptors (Lipinski definition) is 5. The summed E-state index contributed by atoms with van der Waals surface area (Å²) < 4.78 is 0. The molecule has 9 heteroatoms. The number of anilines is 1. The van der Waals surface area contributed by atoms with Crippen molar-refractivity contribution >= 4 is 48.9 Å². The van der Waals surface area contributed by atoms with E-state index in [2.05, 4.69) is 44.5 Å². The minimum atomic E-state index is 0. The van der Waals surface area contributed by atoms with Crippen LogP contribution in [-0.4, -0.2) is 62.1 Å². The summed E-state index contributed by atoms with van der Waals surface area (Å²) in [6.07, 6.45) is 3.30. The lowest BCUT2D eigenvalue weighted by Crippen LogP contribution is -2.46. The predicted molar refractivity (Wildman–Crippen MR) is 115 cm³/mol. The molecule has 1 aliphatic rings.